The first kappa shape index (κ1) is 19.4. The molecule has 3 aromatic heterocycles. The van der Waals surface area contributed by atoms with Gasteiger partial charge in [-0.25, -0.2) is 15.0 Å². The lowest BCUT2D eigenvalue weighted by Crippen LogP contribution is -2.32. The highest BCUT2D eigenvalue weighted by Crippen LogP contribution is 2.38. The Hall–Kier alpha value is -2.57. The van der Waals surface area contributed by atoms with Crippen LogP contribution in [0.15, 0.2) is 36.4 Å². The van der Waals surface area contributed by atoms with Gasteiger partial charge >= 0.3 is 0 Å². The molecule has 5 nitrogen and oxygen atoms in total. The van der Waals surface area contributed by atoms with Gasteiger partial charge in [-0.2, -0.15) is 0 Å². The second-order valence-electron chi connectivity index (χ2n) is 8.81. The standard InChI is InChI=1S/C24H26N4OS/c1-14(10-16-8-6-5-7-9-16)25-22-21-20(26-15(2)27-22)18-11-17-13-29-24(3,4)12-19(17)28-23(18)30-21/h5-9,11,14H,10,12-13H2,1-4H3,(H,25,26,27)/t14-/m1/s1. The number of hydrogen-bond acceptors (Lipinski definition) is 6. The first-order valence-electron chi connectivity index (χ1n) is 10.4. The number of aryl methyl sites for hydroxylation is 1. The summed E-state index contributed by atoms with van der Waals surface area (Å²) in [6, 6.07) is 13.0. The molecule has 154 valence electrons. The Morgan fingerprint density at radius 1 is 1.17 bits per heavy atom. The number of aromatic nitrogens is 3. The molecular weight excluding hydrogens is 392 g/mol. The van der Waals surface area contributed by atoms with E-state index in [2.05, 4.69) is 62.5 Å². The number of anilines is 1. The number of rotatable bonds is 4. The van der Waals surface area contributed by atoms with E-state index in [1.165, 1.54) is 11.1 Å². The zero-order valence-electron chi connectivity index (χ0n) is 17.8. The summed E-state index contributed by atoms with van der Waals surface area (Å²) in [7, 11) is 0. The molecule has 4 heterocycles. The summed E-state index contributed by atoms with van der Waals surface area (Å²) >= 11 is 1.68. The fourth-order valence-electron chi connectivity index (χ4n) is 4.11. The monoisotopic (exact) mass is 418 g/mol. The molecule has 4 aromatic rings. The lowest BCUT2D eigenvalue weighted by atomic mass is 9.95. The molecule has 0 saturated carbocycles. The lowest BCUT2D eigenvalue weighted by Gasteiger charge is -2.30. The third kappa shape index (κ3) is 3.66. The van der Waals surface area contributed by atoms with Crippen LogP contribution in [0.3, 0.4) is 0 Å². The maximum absolute atomic E-state index is 6.00. The molecule has 1 N–H and O–H groups in total. The SMILES string of the molecule is Cc1nc(N[C@H](C)Cc2ccccc2)c2sc3nc4c(cc3c2n1)COC(C)(C)C4. The van der Waals surface area contributed by atoms with Gasteiger partial charge in [-0.15, -0.1) is 11.3 Å². The summed E-state index contributed by atoms with van der Waals surface area (Å²) in [5, 5.41) is 4.72. The van der Waals surface area contributed by atoms with E-state index in [1.54, 1.807) is 11.3 Å². The molecule has 1 atom stereocenters. The molecular formula is C24H26N4OS. The van der Waals surface area contributed by atoms with Crippen LogP contribution in [0, 0.1) is 6.92 Å². The van der Waals surface area contributed by atoms with Crippen LogP contribution < -0.4 is 5.32 Å². The van der Waals surface area contributed by atoms with Gasteiger partial charge in [0.15, 0.2) is 0 Å². The minimum absolute atomic E-state index is 0.166. The zero-order chi connectivity index (χ0) is 20.9. The van der Waals surface area contributed by atoms with Crippen molar-refractivity contribution in [1.29, 1.82) is 0 Å². The van der Waals surface area contributed by atoms with Gasteiger partial charge in [-0.3, -0.25) is 0 Å². The van der Waals surface area contributed by atoms with E-state index in [1.807, 2.05) is 6.92 Å². The number of ether oxygens (including phenoxy) is 1. The van der Waals surface area contributed by atoms with Crippen molar-refractivity contribution in [2.75, 3.05) is 5.32 Å². The van der Waals surface area contributed by atoms with Crippen LogP contribution in [0.25, 0.3) is 20.4 Å². The van der Waals surface area contributed by atoms with E-state index in [0.29, 0.717) is 6.61 Å². The van der Waals surface area contributed by atoms with Gasteiger partial charge in [-0.1, -0.05) is 30.3 Å². The van der Waals surface area contributed by atoms with Crippen molar-refractivity contribution in [2.24, 2.45) is 0 Å². The van der Waals surface area contributed by atoms with Crippen LogP contribution in [0.2, 0.25) is 0 Å². The second kappa shape index (κ2) is 7.29. The minimum Gasteiger partial charge on any atom is -0.370 e. The van der Waals surface area contributed by atoms with Gasteiger partial charge < -0.3 is 10.1 Å². The van der Waals surface area contributed by atoms with Crippen LogP contribution >= 0.6 is 11.3 Å². The normalized spacial score (nSPS) is 16.5. The van der Waals surface area contributed by atoms with Gasteiger partial charge in [0, 0.05) is 23.4 Å². The molecule has 1 aromatic carbocycles. The van der Waals surface area contributed by atoms with Gasteiger partial charge in [0.1, 0.15) is 16.5 Å². The van der Waals surface area contributed by atoms with Crippen molar-refractivity contribution < 1.29 is 4.74 Å². The smallest absolute Gasteiger partial charge is 0.148 e. The molecule has 30 heavy (non-hydrogen) atoms. The van der Waals surface area contributed by atoms with Crippen LogP contribution in [0.4, 0.5) is 5.82 Å². The largest absolute Gasteiger partial charge is 0.370 e. The summed E-state index contributed by atoms with van der Waals surface area (Å²) in [5.41, 5.74) is 4.44. The number of benzene rings is 1. The molecule has 0 unspecified atom stereocenters. The fraction of sp³-hybridized carbons (Fsp3) is 0.375. The Bertz CT molecular complexity index is 1230. The van der Waals surface area contributed by atoms with Gasteiger partial charge in [-0.05, 0) is 45.7 Å². The Balaban J connectivity index is 1.54. The summed E-state index contributed by atoms with van der Waals surface area (Å²) in [5.74, 6) is 1.67. The van der Waals surface area contributed by atoms with Crippen molar-refractivity contribution >= 4 is 37.6 Å². The van der Waals surface area contributed by atoms with Crippen LogP contribution in [-0.4, -0.2) is 26.6 Å². The number of fused-ring (bicyclic) bond motifs is 4. The first-order valence-corrected chi connectivity index (χ1v) is 11.2. The fourth-order valence-corrected chi connectivity index (χ4v) is 5.18. The average Bonchev–Trinajstić information content (AvgIpc) is 3.04. The Kier molecular flexibility index (Phi) is 4.71. The molecule has 0 bridgehead atoms. The molecule has 0 fully saturated rings. The Morgan fingerprint density at radius 3 is 2.77 bits per heavy atom. The highest BCUT2D eigenvalue weighted by atomic mass is 32.1. The highest BCUT2D eigenvalue weighted by Gasteiger charge is 2.28. The lowest BCUT2D eigenvalue weighted by molar-refractivity contribution is -0.0411. The van der Waals surface area contributed by atoms with E-state index >= 15 is 0 Å². The van der Waals surface area contributed by atoms with Crippen LogP contribution in [0.5, 0.6) is 0 Å². The number of pyridine rings is 1. The van der Waals surface area contributed by atoms with E-state index in [-0.39, 0.29) is 11.6 Å². The second-order valence-corrected chi connectivity index (χ2v) is 9.81. The molecule has 0 spiro atoms. The highest BCUT2D eigenvalue weighted by molar-refractivity contribution is 7.25. The van der Waals surface area contributed by atoms with E-state index in [0.717, 1.165) is 50.6 Å². The van der Waals surface area contributed by atoms with Gasteiger partial charge in [0.2, 0.25) is 0 Å². The molecule has 0 radical (unpaired) electrons. The van der Waals surface area contributed by atoms with Crippen LogP contribution in [0.1, 0.15) is 43.4 Å². The molecule has 0 aliphatic carbocycles. The Morgan fingerprint density at radius 2 is 1.97 bits per heavy atom. The molecule has 1 aliphatic heterocycles. The average molecular weight is 419 g/mol. The molecule has 6 heteroatoms. The maximum atomic E-state index is 6.00. The summed E-state index contributed by atoms with van der Waals surface area (Å²) in [6.45, 7) is 8.99. The summed E-state index contributed by atoms with van der Waals surface area (Å²) < 4.78 is 7.08. The molecule has 0 amide bonds. The first-order chi connectivity index (χ1) is 14.4. The number of hydrogen-bond donors (Lipinski definition) is 1. The quantitative estimate of drug-likeness (QED) is 0.478. The molecule has 0 saturated heterocycles. The van der Waals surface area contributed by atoms with Gasteiger partial charge in [0.25, 0.3) is 0 Å². The van der Waals surface area contributed by atoms with Crippen molar-refractivity contribution in [2.45, 2.75) is 58.8 Å². The molecule has 1 aliphatic rings. The number of nitrogens with zero attached hydrogens (tertiary/aromatic N) is 3. The summed E-state index contributed by atoms with van der Waals surface area (Å²) in [4.78, 5) is 15.5. The number of nitrogens with one attached hydrogen (secondary N) is 1. The predicted octanol–water partition coefficient (Wildman–Crippen LogP) is 5.44. The van der Waals surface area contributed by atoms with Crippen molar-refractivity contribution in [3.05, 3.63) is 59.0 Å². The van der Waals surface area contributed by atoms with Crippen molar-refractivity contribution in [3.63, 3.8) is 0 Å². The van der Waals surface area contributed by atoms with E-state index in [9.17, 15) is 0 Å². The maximum Gasteiger partial charge on any atom is 0.148 e. The zero-order valence-corrected chi connectivity index (χ0v) is 18.6. The predicted molar refractivity (Wildman–Crippen MR) is 123 cm³/mol. The summed E-state index contributed by atoms with van der Waals surface area (Å²) in [6.07, 6.45) is 1.77. The van der Waals surface area contributed by atoms with Crippen LogP contribution in [-0.2, 0) is 24.2 Å². The van der Waals surface area contributed by atoms with E-state index in [4.69, 9.17) is 19.7 Å². The van der Waals surface area contributed by atoms with Gasteiger partial charge in [0.05, 0.1) is 28.1 Å². The molecule has 5 rings (SSSR count). The third-order valence-electron chi connectivity index (χ3n) is 5.57. The number of thiophene rings is 1. The van der Waals surface area contributed by atoms with Crippen molar-refractivity contribution in [3.8, 4) is 0 Å². The topological polar surface area (TPSA) is 59.9 Å². The third-order valence-corrected chi connectivity index (χ3v) is 6.66. The van der Waals surface area contributed by atoms with Crippen molar-refractivity contribution in [1.82, 2.24) is 15.0 Å². The minimum atomic E-state index is -0.166. The van der Waals surface area contributed by atoms with E-state index < -0.39 is 0 Å². The Labute approximate surface area is 180 Å².